The predicted molar refractivity (Wildman–Crippen MR) is 245 cm³/mol. The lowest BCUT2D eigenvalue weighted by Crippen LogP contribution is -2.30. The summed E-state index contributed by atoms with van der Waals surface area (Å²) in [6.45, 7) is 12.6. The number of hydroxylamine groups is 2. The smallest absolute Gasteiger partial charge is 0.438 e. The molecule has 0 saturated heterocycles. The van der Waals surface area contributed by atoms with Crippen LogP contribution < -0.4 is 10.1 Å². The summed E-state index contributed by atoms with van der Waals surface area (Å²) in [6.07, 6.45) is -0.357. The van der Waals surface area contributed by atoms with Gasteiger partial charge in [0.1, 0.15) is 57.9 Å². The molecule has 0 saturated carbocycles. The van der Waals surface area contributed by atoms with Gasteiger partial charge in [0.2, 0.25) is 0 Å². The molecule has 0 radical (unpaired) electrons. The van der Waals surface area contributed by atoms with Crippen LogP contribution in [0.15, 0.2) is 67.3 Å². The molecule has 59 heavy (non-hydrogen) atoms. The van der Waals surface area contributed by atoms with Crippen LogP contribution in [0, 0.1) is 13.8 Å². The number of carbonyl (C=O) groups excluding carboxylic acids is 2. The van der Waals surface area contributed by atoms with E-state index in [4.69, 9.17) is 34.1 Å². The molecule has 2 amide bonds. The average Bonchev–Trinajstić information content (AvgIpc) is 3.24. The largest absolute Gasteiger partial charge is 0.451 e. The van der Waals surface area contributed by atoms with Gasteiger partial charge in [0.05, 0.1) is 39.8 Å². The number of oxime groups is 6. The zero-order valence-corrected chi connectivity index (χ0v) is 40.5. The van der Waals surface area contributed by atoms with Gasteiger partial charge in [-0.2, -0.15) is 10.1 Å². The van der Waals surface area contributed by atoms with Gasteiger partial charge in [0.15, 0.2) is 11.4 Å². The number of carbonyl (C=O) groups is 2. The normalized spacial score (nSPS) is 11.9. The zero-order valence-electron chi connectivity index (χ0n) is 36.1. The van der Waals surface area contributed by atoms with E-state index in [1.807, 2.05) is 51.1 Å². The van der Waals surface area contributed by atoms with Gasteiger partial charge in [-0.05, 0) is 76.8 Å². The first kappa shape index (κ1) is 56.3. The minimum atomic E-state index is -0.657. The Bertz CT molecular complexity index is 1770. The van der Waals surface area contributed by atoms with E-state index in [1.165, 1.54) is 56.9 Å². The molecule has 2 aromatic carbocycles. The molecule has 0 unspecified atom stereocenters. The minimum absolute atomic E-state index is 0.0739. The number of rotatable bonds is 16. The van der Waals surface area contributed by atoms with Crippen molar-refractivity contribution in [3.63, 3.8) is 0 Å². The SMILES string of the molecule is CCc1ccc(C)cc1N(OC)C(=O)OC.CO/N=C(C(/C)=N/O)\C(C)=N\OC.CO/N=C(C)/C(=N\OC)C(/C)=N/OCc1ccc(C)cc1N(OC)C(=O)OC.II. The number of benzene rings is 2. The third-order valence-corrected chi connectivity index (χ3v) is 7.11. The van der Waals surface area contributed by atoms with Crippen molar-refractivity contribution in [1.82, 2.24) is 0 Å². The molecular formula is C37H56I2N8O12. The number of anilines is 2. The third kappa shape index (κ3) is 20.1. The molecule has 0 aliphatic heterocycles. The standard InChI is InChI=1S/C18H26N4O6.C12H17NO3.C7H13N3O3.I2/c1-12-8-9-15(16(10-12)22(27-7)18(23)24-4)11-28-20-14(3)17(21-26-6)13(2)19-25-5;1-5-10-7-6-9(2)8-11(10)13(16-4)12(14)15-3;1-5(8-11)7(10-13-4)6(2)9-12-3;1-2/h8-10H,11H2,1-7H3;6-8H,5H2,1-4H3;11H,1-4H3;/b19-13+,20-14+,21-17+;;8-5+,9-6+,10-7-;. The molecule has 2 aromatic rings. The summed E-state index contributed by atoms with van der Waals surface area (Å²) < 4.78 is 9.40. The highest BCUT2D eigenvalue weighted by Gasteiger charge is 2.21. The van der Waals surface area contributed by atoms with E-state index in [2.05, 4.69) is 82.6 Å². The Labute approximate surface area is 369 Å². The van der Waals surface area contributed by atoms with Crippen LogP contribution in [0.3, 0.4) is 0 Å². The van der Waals surface area contributed by atoms with Crippen molar-refractivity contribution in [3.8, 4) is 0 Å². The summed E-state index contributed by atoms with van der Waals surface area (Å²) in [5.41, 5.74) is 7.34. The van der Waals surface area contributed by atoms with E-state index in [-0.39, 0.29) is 6.61 Å². The van der Waals surface area contributed by atoms with Crippen LogP contribution in [-0.2, 0) is 56.4 Å². The highest BCUT2D eigenvalue weighted by atomic mass is 128. The van der Waals surface area contributed by atoms with Gasteiger partial charge in [-0.15, -0.1) is 0 Å². The first-order chi connectivity index (χ1) is 28.2. The highest BCUT2D eigenvalue weighted by molar-refractivity contribution is 15.0. The second-order valence-electron chi connectivity index (χ2n) is 11.1. The molecule has 22 heteroatoms. The molecule has 0 atom stereocenters. The Morgan fingerprint density at radius 1 is 0.593 bits per heavy atom. The highest BCUT2D eigenvalue weighted by Crippen LogP contribution is 2.25. The maximum atomic E-state index is 11.9. The number of aryl methyl sites for hydroxylation is 3. The summed E-state index contributed by atoms with van der Waals surface area (Å²) in [7, 11) is 11.1. The molecule has 0 spiro atoms. The van der Waals surface area contributed by atoms with Crippen LogP contribution in [0.1, 0.15) is 56.9 Å². The Balaban J connectivity index is 0. The maximum Gasteiger partial charge on any atom is 0.438 e. The number of amides is 2. The van der Waals surface area contributed by atoms with Crippen molar-refractivity contribution >= 4 is 95.1 Å². The Hall–Kier alpha value is -4.82. The molecule has 0 fully saturated rings. The molecule has 20 nitrogen and oxygen atoms in total. The van der Waals surface area contributed by atoms with E-state index >= 15 is 0 Å². The maximum absolute atomic E-state index is 11.9. The first-order valence-electron chi connectivity index (χ1n) is 17.1. The summed E-state index contributed by atoms with van der Waals surface area (Å²) in [4.78, 5) is 57.7. The number of halogens is 2. The van der Waals surface area contributed by atoms with Gasteiger partial charge in [-0.1, -0.05) is 62.1 Å². The average molecular weight is 1060 g/mol. The van der Waals surface area contributed by atoms with Crippen LogP contribution in [0.2, 0.25) is 0 Å². The summed E-state index contributed by atoms with van der Waals surface area (Å²) >= 11 is 4.24. The Kier molecular flexibility index (Phi) is 31.5. The number of methoxy groups -OCH3 is 2. The molecule has 1 N–H and O–H groups in total. The molecule has 2 rings (SSSR count). The van der Waals surface area contributed by atoms with E-state index in [0.29, 0.717) is 45.5 Å². The van der Waals surface area contributed by atoms with Crippen LogP contribution >= 0.6 is 37.2 Å². The fourth-order valence-electron chi connectivity index (χ4n) is 4.48. The number of hydrogen-bond donors (Lipinski definition) is 1. The van der Waals surface area contributed by atoms with E-state index < -0.39 is 12.2 Å². The number of nitrogens with zero attached hydrogens (tertiary/aromatic N) is 8. The number of ether oxygens (including phenoxy) is 2. The van der Waals surface area contributed by atoms with E-state index in [9.17, 15) is 9.59 Å². The molecule has 0 heterocycles. The van der Waals surface area contributed by atoms with Crippen LogP contribution in [0.5, 0.6) is 0 Å². The van der Waals surface area contributed by atoms with Crippen molar-refractivity contribution in [2.75, 3.05) is 67.0 Å². The summed E-state index contributed by atoms with van der Waals surface area (Å²) in [6, 6.07) is 11.4. The molecule has 0 aliphatic carbocycles. The third-order valence-electron chi connectivity index (χ3n) is 7.11. The quantitative estimate of drug-likeness (QED) is 0.0726. The van der Waals surface area contributed by atoms with Gasteiger partial charge in [0, 0.05) is 42.8 Å². The van der Waals surface area contributed by atoms with Crippen LogP contribution in [0.4, 0.5) is 21.0 Å². The molecular weight excluding hydrogens is 1000 g/mol. The molecule has 0 bridgehead atoms. The van der Waals surface area contributed by atoms with E-state index in [1.54, 1.807) is 33.8 Å². The molecule has 330 valence electrons. The Morgan fingerprint density at radius 2 is 0.966 bits per heavy atom. The van der Waals surface area contributed by atoms with Crippen molar-refractivity contribution < 1.29 is 58.1 Å². The fraction of sp³-hybridized carbons (Fsp3) is 0.459. The lowest BCUT2D eigenvalue weighted by atomic mass is 10.1. The zero-order chi connectivity index (χ0) is 45.5. The second-order valence-corrected chi connectivity index (χ2v) is 11.1. The summed E-state index contributed by atoms with van der Waals surface area (Å²) in [5, 5.41) is 32.7. The summed E-state index contributed by atoms with van der Waals surface area (Å²) in [5.74, 6) is 0. The predicted octanol–water partition coefficient (Wildman–Crippen LogP) is 8.37. The monoisotopic (exact) mass is 1060 g/mol. The van der Waals surface area contributed by atoms with Gasteiger partial charge < -0.3 is 38.9 Å². The molecule has 0 aromatic heterocycles. The lowest BCUT2D eigenvalue weighted by molar-refractivity contribution is 0.111. The van der Waals surface area contributed by atoms with Crippen molar-refractivity contribution in [3.05, 3.63) is 58.7 Å². The van der Waals surface area contributed by atoms with Gasteiger partial charge in [-0.25, -0.2) is 9.59 Å². The van der Waals surface area contributed by atoms with Crippen molar-refractivity contribution in [2.24, 2.45) is 30.9 Å². The van der Waals surface area contributed by atoms with Gasteiger partial charge in [-0.3, -0.25) is 9.68 Å². The molecule has 0 aliphatic rings. The van der Waals surface area contributed by atoms with Crippen LogP contribution in [-0.4, -0.2) is 109 Å². The van der Waals surface area contributed by atoms with E-state index in [0.717, 1.165) is 38.9 Å². The second kappa shape index (κ2) is 33.1. The number of hydrogen-bond acceptors (Lipinski definition) is 18. The van der Waals surface area contributed by atoms with Gasteiger partial charge in [0.25, 0.3) is 0 Å². The first-order valence-corrected chi connectivity index (χ1v) is 23.4. The topological polar surface area (TPSA) is 218 Å². The fourth-order valence-corrected chi connectivity index (χ4v) is 4.48. The van der Waals surface area contributed by atoms with Crippen LogP contribution in [0.25, 0.3) is 0 Å². The van der Waals surface area contributed by atoms with Gasteiger partial charge >= 0.3 is 12.2 Å². The van der Waals surface area contributed by atoms with Crippen molar-refractivity contribution in [2.45, 2.75) is 61.5 Å². The lowest BCUT2D eigenvalue weighted by Gasteiger charge is -2.21. The van der Waals surface area contributed by atoms with Crippen molar-refractivity contribution in [1.29, 1.82) is 0 Å². The minimum Gasteiger partial charge on any atom is -0.451 e. The Morgan fingerprint density at radius 3 is 1.32 bits per heavy atom.